The summed E-state index contributed by atoms with van der Waals surface area (Å²) in [5.41, 5.74) is 3.72. The molecule has 4 rings (SSSR count). The number of aryl methyl sites for hydroxylation is 2. The Hall–Kier alpha value is -3.53. The molecule has 0 bridgehead atoms. The first-order valence-electron chi connectivity index (χ1n) is 11.3. The number of aromatic nitrogens is 5. The number of aliphatic carboxylic acids is 1. The summed E-state index contributed by atoms with van der Waals surface area (Å²) in [4.78, 5) is 20.3. The fourth-order valence-electron chi connectivity index (χ4n) is 4.13. The van der Waals surface area contributed by atoms with Gasteiger partial charge >= 0.3 is 5.97 Å². The van der Waals surface area contributed by atoms with E-state index in [1.807, 2.05) is 31.2 Å². The van der Waals surface area contributed by atoms with Gasteiger partial charge in [0.25, 0.3) is 0 Å². The van der Waals surface area contributed by atoms with E-state index in [1.54, 1.807) is 25.0 Å². The van der Waals surface area contributed by atoms with Crippen LogP contribution in [0, 0.1) is 12.8 Å². The third-order valence-corrected chi connectivity index (χ3v) is 5.96. The zero-order chi connectivity index (χ0) is 24.1. The summed E-state index contributed by atoms with van der Waals surface area (Å²) < 4.78 is 18.8. The molecule has 0 spiro atoms. The quantitative estimate of drug-likeness (QED) is 0.505. The zero-order valence-electron chi connectivity index (χ0n) is 19.6. The van der Waals surface area contributed by atoms with Crippen LogP contribution >= 0.6 is 0 Å². The first kappa shape index (κ1) is 23.6. The number of rotatable bonds is 9. The van der Waals surface area contributed by atoms with Crippen molar-refractivity contribution < 1.29 is 24.1 Å². The topological polar surface area (TPSA) is 121 Å². The molecule has 0 saturated heterocycles. The molecule has 1 aliphatic rings. The second-order valence-electron chi connectivity index (χ2n) is 8.45. The number of hydrogen-bond acceptors (Lipinski definition) is 8. The minimum absolute atomic E-state index is 0.122. The van der Waals surface area contributed by atoms with E-state index >= 15 is 0 Å². The van der Waals surface area contributed by atoms with Gasteiger partial charge in [0.05, 0.1) is 30.0 Å². The smallest absolute Gasteiger partial charge is 0.306 e. The number of nitrogens with zero attached hydrogens (tertiary/aromatic N) is 5. The molecule has 0 amide bonds. The van der Waals surface area contributed by atoms with Crippen LogP contribution in [-0.2, 0) is 29.8 Å². The molecule has 1 N–H and O–H groups in total. The maximum absolute atomic E-state index is 11.3. The number of carboxylic acid groups (broad SMARTS) is 1. The van der Waals surface area contributed by atoms with Crippen molar-refractivity contribution in [2.24, 2.45) is 13.0 Å². The van der Waals surface area contributed by atoms with Crippen LogP contribution < -0.4 is 9.47 Å². The Kier molecular flexibility index (Phi) is 7.36. The Labute approximate surface area is 197 Å². The Balaban J connectivity index is 1.47. The van der Waals surface area contributed by atoms with Gasteiger partial charge in [-0.05, 0) is 56.4 Å². The number of pyridine rings is 2. The first-order chi connectivity index (χ1) is 16.4. The van der Waals surface area contributed by atoms with Gasteiger partial charge in [0.1, 0.15) is 23.7 Å². The Bertz CT molecular complexity index is 1150. The minimum atomic E-state index is -0.753. The number of ether oxygens (including phenoxy) is 3. The molecule has 34 heavy (non-hydrogen) atoms. The van der Waals surface area contributed by atoms with Gasteiger partial charge in [0.15, 0.2) is 0 Å². The number of carboxylic acids is 1. The molecule has 3 aromatic heterocycles. The van der Waals surface area contributed by atoms with Crippen LogP contribution in [0.3, 0.4) is 0 Å². The SMILES string of the molecule is COCc1ccnc(OCc2c(-c3ccc(O[C@H]4CCC[C@H](C(=O)O)C4)c(C)n3)nnn2C)c1. The molecule has 2 atom stereocenters. The predicted molar refractivity (Wildman–Crippen MR) is 122 cm³/mol. The van der Waals surface area contributed by atoms with Crippen LogP contribution in [0.4, 0.5) is 0 Å². The highest BCUT2D eigenvalue weighted by atomic mass is 16.5. The Morgan fingerprint density at radius 2 is 2.09 bits per heavy atom. The van der Waals surface area contributed by atoms with Gasteiger partial charge in [-0.3, -0.25) is 4.79 Å². The maximum atomic E-state index is 11.3. The van der Waals surface area contributed by atoms with Gasteiger partial charge < -0.3 is 19.3 Å². The highest BCUT2D eigenvalue weighted by Gasteiger charge is 2.28. The molecule has 0 unspecified atom stereocenters. The van der Waals surface area contributed by atoms with Crippen LogP contribution in [0.25, 0.3) is 11.4 Å². The maximum Gasteiger partial charge on any atom is 0.306 e. The molecule has 1 aliphatic carbocycles. The van der Waals surface area contributed by atoms with Crippen LogP contribution in [0.1, 0.15) is 42.6 Å². The van der Waals surface area contributed by atoms with Crippen molar-refractivity contribution in [1.82, 2.24) is 25.0 Å². The third kappa shape index (κ3) is 5.51. The molecule has 3 heterocycles. The lowest BCUT2D eigenvalue weighted by molar-refractivity contribution is -0.143. The van der Waals surface area contributed by atoms with Gasteiger partial charge in [0, 0.05) is 26.4 Å². The van der Waals surface area contributed by atoms with Gasteiger partial charge in [-0.2, -0.15) is 0 Å². The third-order valence-electron chi connectivity index (χ3n) is 5.96. The lowest BCUT2D eigenvalue weighted by atomic mass is 9.87. The number of hydrogen-bond donors (Lipinski definition) is 1. The molecule has 1 fully saturated rings. The standard InChI is InChI=1S/C24H29N5O5/c1-15-21(34-18-6-4-5-17(12-18)24(30)31)8-7-19(26-15)23-20(29(2)28-27-23)14-33-22-11-16(13-32-3)9-10-25-22/h7-11,17-18H,4-6,12-14H2,1-3H3,(H,30,31)/t17-,18-/m0/s1. The summed E-state index contributed by atoms with van der Waals surface area (Å²) >= 11 is 0. The lowest BCUT2D eigenvalue weighted by Crippen LogP contribution is -2.29. The van der Waals surface area contributed by atoms with E-state index in [4.69, 9.17) is 14.2 Å². The van der Waals surface area contributed by atoms with E-state index in [9.17, 15) is 9.90 Å². The van der Waals surface area contributed by atoms with E-state index in [-0.39, 0.29) is 18.6 Å². The molecular weight excluding hydrogens is 438 g/mol. The second-order valence-corrected chi connectivity index (χ2v) is 8.45. The van der Waals surface area contributed by atoms with Crippen molar-refractivity contribution in [3.63, 3.8) is 0 Å². The monoisotopic (exact) mass is 467 g/mol. The fourth-order valence-corrected chi connectivity index (χ4v) is 4.13. The molecular formula is C24H29N5O5. The Morgan fingerprint density at radius 3 is 2.85 bits per heavy atom. The predicted octanol–water partition coefficient (Wildman–Crippen LogP) is 3.33. The van der Waals surface area contributed by atoms with Crippen molar-refractivity contribution in [2.45, 2.75) is 51.9 Å². The minimum Gasteiger partial charge on any atom is -0.489 e. The van der Waals surface area contributed by atoms with Gasteiger partial charge in [-0.25, -0.2) is 14.6 Å². The van der Waals surface area contributed by atoms with Crippen LogP contribution in [0.5, 0.6) is 11.6 Å². The largest absolute Gasteiger partial charge is 0.489 e. The van der Waals surface area contributed by atoms with Crippen LogP contribution in [0.15, 0.2) is 30.5 Å². The normalized spacial score (nSPS) is 18.0. The van der Waals surface area contributed by atoms with E-state index in [0.717, 1.165) is 24.1 Å². The lowest BCUT2D eigenvalue weighted by Gasteiger charge is -2.27. The first-order valence-corrected chi connectivity index (χ1v) is 11.3. The average molecular weight is 468 g/mol. The molecule has 3 aromatic rings. The van der Waals surface area contributed by atoms with Crippen molar-refractivity contribution in [3.8, 4) is 23.0 Å². The van der Waals surface area contributed by atoms with Crippen LogP contribution in [0.2, 0.25) is 0 Å². The van der Waals surface area contributed by atoms with E-state index < -0.39 is 5.97 Å². The molecule has 180 valence electrons. The van der Waals surface area contributed by atoms with E-state index in [1.165, 1.54) is 0 Å². The van der Waals surface area contributed by atoms with Crippen molar-refractivity contribution in [2.75, 3.05) is 7.11 Å². The molecule has 0 aliphatic heterocycles. The summed E-state index contributed by atoms with van der Waals surface area (Å²) in [7, 11) is 3.44. The molecule has 0 aromatic carbocycles. The van der Waals surface area contributed by atoms with Gasteiger partial charge in [0.2, 0.25) is 5.88 Å². The molecule has 10 heteroatoms. The fraction of sp³-hybridized carbons (Fsp3) is 0.458. The average Bonchev–Trinajstić information content (AvgIpc) is 3.20. The van der Waals surface area contributed by atoms with Gasteiger partial charge in [-0.15, -0.1) is 5.10 Å². The summed E-state index contributed by atoms with van der Waals surface area (Å²) in [6, 6.07) is 7.41. The van der Waals surface area contributed by atoms with Crippen molar-refractivity contribution >= 4 is 5.97 Å². The van der Waals surface area contributed by atoms with E-state index in [2.05, 4.69) is 20.3 Å². The highest BCUT2D eigenvalue weighted by Crippen LogP contribution is 2.30. The summed E-state index contributed by atoms with van der Waals surface area (Å²) in [5.74, 6) is 0.0389. The second kappa shape index (κ2) is 10.6. The van der Waals surface area contributed by atoms with Gasteiger partial charge in [-0.1, -0.05) is 5.21 Å². The van der Waals surface area contributed by atoms with E-state index in [0.29, 0.717) is 48.2 Å². The Morgan fingerprint density at radius 1 is 1.24 bits per heavy atom. The molecule has 10 nitrogen and oxygen atoms in total. The summed E-state index contributed by atoms with van der Waals surface area (Å²) in [6.07, 6.45) is 4.47. The number of methoxy groups -OCH3 is 1. The highest BCUT2D eigenvalue weighted by molar-refractivity contribution is 5.70. The summed E-state index contributed by atoms with van der Waals surface area (Å²) in [5, 5.41) is 17.7. The molecule has 0 radical (unpaired) electrons. The number of carbonyl (C=O) groups is 1. The van der Waals surface area contributed by atoms with Crippen molar-refractivity contribution in [3.05, 3.63) is 47.4 Å². The molecule has 1 saturated carbocycles. The zero-order valence-corrected chi connectivity index (χ0v) is 19.6. The summed E-state index contributed by atoms with van der Waals surface area (Å²) in [6.45, 7) is 2.57. The van der Waals surface area contributed by atoms with Crippen molar-refractivity contribution in [1.29, 1.82) is 0 Å². The van der Waals surface area contributed by atoms with Crippen LogP contribution in [-0.4, -0.2) is 49.3 Å².